The molecule has 25 heavy (non-hydrogen) atoms. The van der Waals surface area contributed by atoms with Crippen molar-refractivity contribution in [3.05, 3.63) is 53.3 Å². The van der Waals surface area contributed by atoms with Gasteiger partial charge in [-0.2, -0.15) is 0 Å². The molecule has 128 valence electrons. The first-order valence-electron chi connectivity index (χ1n) is 7.95. The van der Waals surface area contributed by atoms with Crippen LogP contribution in [-0.4, -0.2) is 44.7 Å². The molecular formula is C17H16ClN5O2. The van der Waals surface area contributed by atoms with E-state index in [2.05, 4.69) is 20.3 Å². The smallest absolute Gasteiger partial charge is 0.255 e. The lowest BCUT2D eigenvalue weighted by Gasteiger charge is -2.18. The Morgan fingerprint density at radius 1 is 1.32 bits per heavy atom. The number of nitrogens with zero attached hydrogens (tertiary/aromatic N) is 4. The maximum Gasteiger partial charge on any atom is 0.255 e. The van der Waals surface area contributed by atoms with E-state index in [1.807, 2.05) is 12.1 Å². The van der Waals surface area contributed by atoms with Crippen molar-refractivity contribution in [2.24, 2.45) is 0 Å². The third-order valence-electron chi connectivity index (χ3n) is 4.32. The number of carbonyl (C=O) groups is 1. The zero-order valence-electron chi connectivity index (χ0n) is 13.3. The summed E-state index contributed by atoms with van der Waals surface area (Å²) in [5.74, 6) is 0.321. The van der Waals surface area contributed by atoms with E-state index in [0.717, 1.165) is 24.4 Å². The summed E-state index contributed by atoms with van der Waals surface area (Å²) in [6, 6.07) is 8.56. The molecule has 0 spiro atoms. The van der Waals surface area contributed by atoms with E-state index >= 15 is 0 Å². The lowest BCUT2D eigenvalue weighted by atomic mass is 10.1. The summed E-state index contributed by atoms with van der Waals surface area (Å²) >= 11 is 5.86. The zero-order valence-corrected chi connectivity index (χ0v) is 14.0. The Morgan fingerprint density at radius 3 is 3.08 bits per heavy atom. The molecule has 0 radical (unpaired) electrons. The van der Waals surface area contributed by atoms with Gasteiger partial charge in [0.1, 0.15) is 11.6 Å². The summed E-state index contributed by atoms with van der Waals surface area (Å²) in [5.41, 5.74) is 0.980. The van der Waals surface area contributed by atoms with Crippen molar-refractivity contribution in [3.63, 3.8) is 0 Å². The number of rotatable bonds is 3. The van der Waals surface area contributed by atoms with E-state index < -0.39 is 0 Å². The maximum atomic E-state index is 12.4. The van der Waals surface area contributed by atoms with Crippen molar-refractivity contribution >= 4 is 29.0 Å². The van der Waals surface area contributed by atoms with Gasteiger partial charge in [0.2, 0.25) is 0 Å². The highest BCUT2D eigenvalue weighted by Gasteiger charge is 2.26. The van der Waals surface area contributed by atoms with Crippen LogP contribution in [0.3, 0.4) is 0 Å². The highest BCUT2D eigenvalue weighted by molar-refractivity contribution is 6.32. The van der Waals surface area contributed by atoms with Gasteiger partial charge in [-0.25, -0.2) is 9.50 Å². The van der Waals surface area contributed by atoms with Crippen molar-refractivity contribution in [1.82, 2.24) is 19.9 Å². The monoisotopic (exact) mass is 357 g/mol. The molecule has 0 aliphatic carbocycles. The predicted octanol–water partition coefficient (Wildman–Crippen LogP) is 2.10. The summed E-state index contributed by atoms with van der Waals surface area (Å²) in [7, 11) is 0. The van der Waals surface area contributed by atoms with Gasteiger partial charge in [-0.1, -0.05) is 17.7 Å². The van der Waals surface area contributed by atoms with Gasteiger partial charge >= 0.3 is 0 Å². The number of phenolic OH excluding ortho intramolecular Hbond substituents is 1. The Balaban J connectivity index is 1.45. The van der Waals surface area contributed by atoms with E-state index in [1.165, 1.54) is 0 Å². The van der Waals surface area contributed by atoms with Crippen molar-refractivity contribution in [2.75, 3.05) is 18.0 Å². The average molecular weight is 358 g/mol. The van der Waals surface area contributed by atoms with Gasteiger partial charge in [0.05, 0.1) is 10.6 Å². The first-order valence-corrected chi connectivity index (χ1v) is 8.33. The van der Waals surface area contributed by atoms with Crippen LogP contribution in [-0.2, 0) is 0 Å². The second-order valence-electron chi connectivity index (χ2n) is 5.96. The quantitative estimate of drug-likeness (QED) is 0.750. The van der Waals surface area contributed by atoms with E-state index in [4.69, 9.17) is 11.6 Å². The third-order valence-corrected chi connectivity index (χ3v) is 4.62. The van der Waals surface area contributed by atoms with Crippen LogP contribution in [0, 0.1) is 0 Å². The number of anilines is 1. The lowest BCUT2D eigenvalue weighted by molar-refractivity contribution is 0.0937. The fraction of sp³-hybridized carbons (Fsp3) is 0.235. The van der Waals surface area contributed by atoms with Gasteiger partial charge in [-0.15, -0.1) is 5.10 Å². The van der Waals surface area contributed by atoms with E-state index in [0.29, 0.717) is 6.54 Å². The first-order chi connectivity index (χ1) is 12.1. The maximum absolute atomic E-state index is 12.4. The highest BCUT2D eigenvalue weighted by Crippen LogP contribution is 2.27. The molecule has 1 atom stereocenters. The number of benzene rings is 1. The fourth-order valence-corrected chi connectivity index (χ4v) is 3.20. The minimum atomic E-state index is -0.329. The molecular weight excluding hydrogens is 342 g/mol. The van der Waals surface area contributed by atoms with E-state index in [1.54, 1.807) is 35.1 Å². The molecule has 1 aromatic carbocycles. The Hall–Kier alpha value is -2.80. The van der Waals surface area contributed by atoms with Crippen LogP contribution in [0.25, 0.3) is 5.65 Å². The zero-order chi connectivity index (χ0) is 17.4. The third kappa shape index (κ3) is 2.98. The molecule has 0 unspecified atom stereocenters. The molecule has 1 aliphatic heterocycles. The molecule has 1 amide bonds. The summed E-state index contributed by atoms with van der Waals surface area (Å²) in [5, 5.41) is 17.6. The SMILES string of the molecule is O=C(N[C@H]1CCN(c2ccc3nccn3n2)C1)c1cccc(Cl)c1O. The molecule has 3 heterocycles. The number of halogens is 1. The number of carbonyl (C=O) groups excluding carboxylic acids is 1. The van der Waals surface area contributed by atoms with Gasteiger partial charge in [0, 0.05) is 31.5 Å². The molecule has 7 nitrogen and oxygen atoms in total. The summed E-state index contributed by atoms with van der Waals surface area (Å²) in [4.78, 5) is 18.7. The van der Waals surface area contributed by atoms with Gasteiger partial charge in [0.15, 0.2) is 5.65 Å². The Morgan fingerprint density at radius 2 is 2.20 bits per heavy atom. The van der Waals surface area contributed by atoms with Gasteiger partial charge in [-0.05, 0) is 30.7 Å². The van der Waals surface area contributed by atoms with Gasteiger partial charge in [-0.3, -0.25) is 4.79 Å². The molecule has 1 aliphatic rings. The fourth-order valence-electron chi connectivity index (χ4n) is 3.02. The normalized spacial score (nSPS) is 17.2. The number of aromatic nitrogens is 3. The summed E-state index contributed by atoms with van der Waals surface area (Å²) in [6.07, 6.45) is 4.31. The molecule has 2 N–H and O–H groups in total. The van der Waals surface area contributed by atoms with E-state index in [9.17, 15) is 9.90 Å². The lowest BCUT2D eigenvalue weighted by Crippen LogP contribution is -2.37. The molecule has 1 saturated heterocycles. The van der Waals surface area contributed by atoms with Crippen LogP contribution >= 0.6 is 11.6 Å². The minimum absolute atomic E-state index is 0.0221. The number of aromatic hydroxyl groups is 1. The van der Waals surface area contributed by atoms with Gasteiger partial charge < -0.3 is 15.3 Å². The van der Waals surface area contributed by atoms with Crippen LogP contribution in [0.1, 0.15) is 16.8 Å². The molecule has 0 saturated carbocycles. The van der Waals surface area contributed by atoms with Crippen molar-refractivity contribution < 1.29 is 9.90 Å². The van der Waals surface area contributed by atoms with Gasteiger partial charge in [0.25, 0.3) is 5.91 Å². The molecule has 3 aromatic rings. The molecule has 2 aromatic heterocycles. The van der Waals surface area contributed by atoms with Crippen LogP contribution in [0.5, 0.6) is 5.75 Å². The van der Waals surface area contributed by atoms with E-state index in [-0.39, 0.29) is 28.3 Å². The van der Waals surface area contributed by atoms with Crippen molar-refractivity contribution in [3.8, 4) is 5.75 Å². The standard InChI is InChI=1S/C17H16ClN5O2/c18-13-3-1-2-12(16(13)24)17(25)20-11-6-8-22(10-11)15-5-4-14-19-7-9-23(14)21-15/h1-5,7,9,11,24H,6,8,10H2,(H,20,25)/t11-/m0/s1. The Labute approximate surface area is 148 Å². The Bertz CT molecular complexity index is 942. The number of hydrogen-bond acceptors (Lipinski definition) is 5. The molecule has 0 bridgehead atoms. The van der Waals surface area contributed by atoms with Crippen LogP contribution in [0.2, 0.25) is 5.02 Å². The van der Waals surface area contributed by atoms with Crippen LogP contribution in [0.4, 0.5) is 5.82 Å². The predicted molar refractivity (Wildman–Crippen MR) is 94.2 cm³/mol. The molecule has 4 rings (SSSR count). The largest absolute Gasteiger partial charge is 0.506 e. The second kappa shape index (κ2) is 6.25. The Kier molecular flexibility index (Phi) is 3.93. The topological polar surface area (TPSA) is 82.8 Å². The average Bonchev–Trinajstić information content (AvgIpc) is 3.25. The van der Waals surface area contributed by atoms with Crippen molar-refractivity contribution in [2.45, 2.75) is 12.5 Å². The van der Waals surface area contributed by atoms with Crippen molar-refractivity contribution in [1.29, 1.82) is 0 Å². The molecule has 1 fully saturated rings. The minimum Gasteiger partial charge on any atom is -0.506 e. The van der Waals surface area contributed by atoms with Crippen LogP contribution in [0.15, 0.2) is 42.7 Å². The number of para-hydroxylation sites is 1. The number of phenols is 1. The number of amides is 1. The molecule has 8 heteroatoms. The highest BCUT2D eigenvalue weighted by atomic mass is 35.5. The number of imidazole rings is 1. The second-order valence-corrected chi connectivity index (χ2v) is 6.37. The first kappa shape index (κ1) is 15.7. The van der Waals surface area contributed by atoms with Crippen LogP contribution < -0.4 is 10.2 Å². The number of hydrogen-bond donors (Lipinski definition) is 2. The number of fused-ring (bicyclic) bond motifs is 1. The summed E-state index contributed by atoms with van der Waals surface area (Å²) in [6.45, 7) is 1.44. The summed E-state index contributed by atoms with van der Waals surface area (Å²) < 4.78 is 1.73. The number of nitrogens with one attached hydrogen (secondary N) is 1.